The van der Waals surface area contributed by atoms with Gasteiger partial charge in [-0.2, -0.15) is 17.0 Å². The number of hydrogen-bond acceptors (Lipinski definition) is 2. The first-order chi connectivity index (χ1) is 30.3. The van der Waals surface area contributed by atoms with E-state index in [2.05, 4.69) is 226 Å². The summed E-state index contributed by atoms with van der Waals surface area (Å²) in [5, 5.41) is 17.3. The first kappa shape index (κ1) is 47.4. The number of likely N-dealkylation sites (N-methyl/N-ethyl adjacent to an activating group) is 2. The molecule has 7 aromatic rings. The average Bonchev–Trinajstić information content (AvgIpc) is 3.22. The molecule has 2 N–H and O–H groups in total. The summed E-state index contributed by atoms with van der Waals surface area (Å²) in [6.07, 6.45) is 2.63. The Hall–Kier alpha value is -3.61. The second kappa shape index (κ2) is 20.7. The molecule has 326 valence electrons. The van der Waals surface area contributed by atoms with Crippen molar-refractivity contribution in [3.63, 3.8) is 0 Å². The standard InChI is InChI=1S/C56H59N2P2.2ClH.Ru/c1-36-22-37(2)27-46(26-36)59(47-28-38(3)23-39(4)29-47)53-34-45-17-12-14-20-51(45)56(54(58-10)35-57-9,52-21-15-18-44-16-11-13-19-50(44)52)55(53)60(48-30-40(5)24-41(6)31-48)49-32-42(7)25-43(8)33-49;;;/h11-34,54,57-58H,35H2,1-10H3;2*1H;/q-1;;;+2/p-2. The zero-order chi connectivity index (χ0) is 45.0. The minimum atomic E-state index is -1.16. The Morgan fingerprint density at radius 1 is 0.540 bits per heavy atom. The van der Waals surface area contributed by atoms with E-state index >= 15 is 0 Å². The van der Waals surface area contributed by atoms with Gasteiger partial charge in [0.1, 0.15) is 0 Å². The number of allylic oxidation sites excluding steroid dienone is 1. The molecule has 2 atom stereocenters. The van der Waals surface area contributed by atoms with E-state index in [0.717, 1.165) is 6.54 Å². The van der Waals surface area contributed by atoms with Gasteiger partial charge in [-0.25, -0.2) is 0 Å². The van der Waals surface area contributed by atoms with E-state index < -0.39 is 21.3 Å². The van der Waals surface area contributed by atoms with E-state index in [1.54, 1.807) is 0 Å². The maximum atomic E-state index is 4.85. The number of nitrogens with one attached hydrogen (secondary N) is 2. The number of benzene rings is 7. The Morgan fingerprint density at radius 3 is 1.43 bits per heavy atom. The predicted octanol–water partition coefficient (Wildman–Crippen LogP) is 12.9. The molecule has 0 amide bonds. The van der Waals surface area contributed by atoms with Crippen LogP contribution in [0.5, 0.6) is 0 Å². The molecule has 7 aromatic carbocycles. The summed E-state index contributed by atoms with van der Waals surface area (Å²) >= 11 is -0.346. The maximum absolute atomic E-state index is 4.85. The van der Waals surface area contributed by atoms with Crippen LogP contribution >= 0.6 is 35.2 Å². The Labute approximate surface area is 395 Å². The van der Waals surface area contributed by atoms with Gasteiger partial charge in [-0.05, 0) is 120 Å². The SMILES string of the molecule is CNCC(NC)C1(c2cccc3ccccc23)c2ccccc2C=C(P(c2cc(C)cc(C)c2)c2cc(C)cc(C)c2)[C-]1P(c1cc(C)cc(C)c1)c1cc(C)cc(C)c1.[Cl][Ru][Cl]. The Morgan fingerprint density at radius 2 is 0.952 bits per heavy atom. The Bertz CT molecular complexity index is 2590. The summed E-state index contributed by atoms with van der Waals surface area (Å²) in [6.45, 7) is 18.9. The molecule has 0 spiro atoms. The van der Waals surface area contributed by atoms with Crippen molar-refractivity contribution in [3.8, 4) is 0 Å². The van der Waals surface area contributed by atoms with Crippen molar-refractivity contribution >= 4 is 73.3 Å². The van der Waals surface area contributed by atoms with Crippen LogP contribution in [-0.2, 0) is 20.6 Å². The summed E-state index contributed by atoms with van der Waals surface area (Å²) in [4.78, 5) is 0. The van der Waals surface area contributed by atoms with Crippen LogP contribution in [0, 0.1) is 61.0 Å². The van der Waals surface area contributed by atoms with E-state index in [0.29, 0.717) is 0 Å². The number of aryl methyl sites for hydroxylation is 8. The van der Waals surface area contributed by atoms with Gasteiger partial charge >= 0.3 is 34.5 Å². The van der Waals surface area contributed by atoms with Crippen molar-refractivity contribution in [1.29, 1.82) is 0 Å². The zero-order valence-corrected chi connectivity index (χ0v) is 43.2. The molecule has 0 fully saturated rings. The molecule has 1 aliphatic rings. The van der Waals surface area contributed by atoms with Crippen molar-refractivity contribution in [2.45, 2.75) is 66.8 Å². The summed E-state index contributed by atoms with van der Waals surface area (Å²) < 4.78 is 0. The quantitative estimate of drug-likeness (QED) is 0.0767. The van der Waals surface area contributed by atoms with Gasteiger partial charge in [0, 0.05) is 12.6 Å². The molecule has 8 rings (SSSR count). The van der Waals surface area contributed by atoms with Gasteiger partial charge in [-0.3, -0.25) is 0 Å². The van der Waals surface area contributed by atoms with E-state index in [1.807, 2.05) is 0 Å². The molecule has 0 saturated carbocycles. The van der Waals surface area contributed by atoms with Crippen molar-refractivity contribution in [1.82, 2.24) is 10.6 Å². The summed E-state index contributed by atoms with van der Waals surface area (Å²) in [5.41, 5.74) is 15.3. The van der Waals surface area contributed by atoms with Gasteiger partial charge in [0.25, 0.3) is 0 Å². The summed E-state index contributed by atoms with van der Waals surface area (Å²) in [5.74, 6) is 0. The van der Waals surface area contributed by atoms with Crippen LogP contribution in [0.15, 0.2) is 145 Å². The second-order valence-corrected chi connectivity index (χ2v) is 24.3. The fourth-order valence-corrected chi connectivity index (χ4v) is 16.8. The first-order valence-corrected chi connectivity index (χ1v) is 28.8. The molecule has 0 radical (unpaired) electrons. The number of halogens is 2. The zero-order valence-electron chi connectivity index (χ0n) is 38.1. The van der Waals surface area contributed by atoms with Gasteiger partial charge in [0.15, 0.2) is 0 Å². The fraction of sp³-hybridized carbons (Fsp3) is 0.232. The van der Waals surface area contributed by atoms with E-state index in [1.165, 1.54) is 104 Å². The molecule has 0 heterocycles. The normalized spacial score (nSPS) is 15.3. The Kier molecular flexibility index (Phi) is 15.6. The fourth-order valence-electron chi connectivity index (χ4n) is 10.2. The van der Waals surface area contributed by atoms with E-state index in [4.69, 9.17) is 19.4 Å². The van der Waals surface area contributed by atoms with E-state index in [9.17, 15) is 0 Å². The minimum absolute atomic E-state index is 0.0229. The van der Waals surface area contributed by atoms with Crippen LogP contribution in [-0.4, -0.2) is 26.7 Å². The monoisotopic (exact) mass is 993 g/mol. The molecule has 0 aromatic heterocycles. The molecule has 2 nitrogen and oxygen atoms in total. The van der Waals surface area contributed by atoms with E-state index in [-0.39, 0.29) is 21.2 Å². The summed E-state index contributed by atoms with van der Waals surface area (Å²) in [6, 6.07) is 54.7. The first-order valence-electron chi connectivity index (χ1n) is 21.6. The van der Waals surface area contributed by atoms with Crippen LogP contribution < -0.4 is 31.9 Å². The van der Waals surface area contributed by atoms with Gasteiger partial charge in [0.2, 0.25) is 0 Å². The van der Waals surface area contributed by atoms with Crippen molar-refractivity contribution in [3.05, 3.63) is 212 Å². The van der Waals surface area contributed by atoms with Crippen LogP contribution in [0.1, 0.15) is 61.2 Å². The third-order valence-electron chi connectivity index (χ3n) is 12.1. The molecular formula is C56H59Cl2N2P2Ru-. The van der Waals surface area contributed by atoms with Crippen LogP contribution in [0.4, 0.5) is 0 Å². The topological polar surface area (TPSA) is 24.1 Å². The van der Waals surface area contributed by atoms with Gasteiger partial charge in [0.05, 0.1) is 0 Å². The molecule has 63 heavy (non-hydrogen) atoms. The summed E-state index contributed by atoms with van der Waals surface area (Å²) in [7, 11) is 11.8. The van der Waals surface area contributed by atoms with Crippen LogP contribution in [0.25, 0.3) is 16.8 Å². The van der Waals surface area contributed by atoms with Crippen molar-refractivity contribution < 1.29 is 15.1 Å². The molecule has 7 heteroatoms. The van der Waals surface area contributed by atoms with Gasteiger partial charge < -0.3 is 10.6 Å². The molecule has 0 aliphatic heterocycles. The van der Waals surface area contributed by atoms with Gasteiger partial charge in [-0.15, -0.1) is 13.5 Å². The average molecular weight is 994 g/mol. The molecule has 1 aliphatic carbocycles. The number of hydrogen-bond donors (Lipinski definition) is 2. The number of rotatable bonds is 11. The van der Waals surface area contributed by atoms with Crippen molar-refractivity contribution in [2.75, 3.05) is 20.6 Å². The molecule has 0 saturated heterocycles. The van der Waals surface area contributed by atoms with Gasteiger partial charge in [-0.1, -0.05) is 190 Å². The third-order valence-corrected chi connectivity index (χ3v) is 17.3. The molecule has 0 bridgehead atoms. The molecular weight excluding hydrogens is 935 g/mol. The predicted molar refractivity (Wildman–Crippen MR) is 277 cm³/mol. The molecule has 2 unspecified atom stereocenters. The van der Waals surface area contributed by atoms with Crippen LogP contribution in [0.2, 0.25) is 0 Å². The second-order valence-electron chi connectivity index (χ2n) is 17.3. The third kappa shape index (κ3) is 9.84. The number of fused-ring (bicyclic) bond motifs is 2. The Balaban J connectivity index is 0.00000193. The van der Waals surface area contributed by atoms with Crippen LogP contribution in [0.3, 0.4) is 0 Å². The van der Waals surface area contributed by atoms with Crippen molar-refractivity contribution in [2.24, 2.45) is 0 Å².